The Morgan fingerprint density at radius 1 is 1.23 bits per heavy atom. The van der Waals surface area contributed by atoms with Gasteiger partial charge in [-0.25, -0.2) is 0 Å². The highest BCUT2D eigenvalue weighted by Gasteiger charge is 2.67. The first kappa shape index (κ1) is 14.9. The van der Waals surface area contributed by atoms with Crippen molar-refractivity contribution in [2.45, 2.75) is 77.9 Å². The second-order valence-electron chi connectivity index (χ2n) is 9.40. The first-order valence-corrected chi connectivity index (χ1v) is 9.07. The fourth-order valence-corrected chi connectivity index (χ4v) is 6.62. The number of Topliss-reactive ketones (excluding diaryl/α,β-unsaturated/α-hetero) is 1. The third-order valence-electron chi connectivity index (χ3n) is 8.14. The van der Waals surface area contributed by atoms with Crippen LogP contribution in [0.25, 0.3) is 0 Å². The number of allylic oxidation sites excluding steroid dienone is 1. The van der Waals surface area contributed by atoms with E-state index in [2.05, 4.69) is 27.4 Å². The van der Waals surface area contributed by atoms with Gasteiger partial charge in [0.25, 0.3) is 0 Å². The van der Waals surface area contributed by atoms with Gasteiger partial charge in [-0.2, -0.15) is 0 Å². The van der Waals surface area contributed by atoms with Crippen LogP contribution in [0.5, 0.6) is 0 Å². The van der Waals surface area contributed by atoms with E-state index in [9.17, 15) is 4.79 Å². The smallest absolute Gasteiger partial charge is 0.167 e. The number of rotatable bonds is 1. The minimum absolute atomic E-state index is 0.186. The van der Waals surface area contributed by atoms with Crippen molar-refractivity contribution in [2.24, 2.45) is 28.6 Å². The van der Waals surface area contributed by atoms with Crippen molar-refractivity contribution in [3.8, 4) is 0 Å². The van der Waals surface area contributed by atoms with Crippen LogP contribution in [0.3, 0.4) is 0 Å². The van der Waals surface area contributed by atoms with Gasteiger partial charge >= 0.3 is 0 Å². The Balaban J connectivity index is 1.71. The first-order chi connectivity index (χ1) is 10.2. The van der Waals surface area contributed by atoms with Crippen LogP contribution in [0.4, 0.5) is 0 Å². The highest BCUT2D eigenvalue weighted by atomic mass is 16.6. The minimum Gasteiger partial charge on any atom is -0.358 e. The lowest BCUT2D eigenvalue weighted by molar-refractivity contribution is -0.130. The van der Waals surface area contributed by atoms with Gasteiger partial charge in [0.05, 0.1) is 6.10 Å². The summed E-state index contributed by atoms with van der Waals surface area (Å²) in [4.78, 5) is 12.7. The minimum atomic E-state index is -0.446. The molecule has 1 saturated heterocycles. The Morgan fingerprint density at radius 2 is 1.95 bits per heavy atom. The molecule has 2 nitrogen and oxygen atoms in total. The fraction of sp³-hybridized carbons (Fsp3) is 0.850. The highest BCUT2D eigenvalue weighted by molar-refractivity contribution is 5.91. The number of ether oxygens (including phenoxy) is 1. The van der Waals surface area contributed by atoms with Gasteiger partial charge in [0.2, 0.25) is 0 Å². The zero-order chi connectivity index (χ0) is 15.9. The summed E-state index contributed by atoms with van der Waals surface area (Å²) in [6, 6.07) is 0. The van der Waals surface area contributed by atoms with Crippen molar-refractivity contribution in [3.63, 3.8) is 0 Å². The van der Waals surface area contributed by atoms with Crippen molar-refractivity contribution in [3.05, 3.63) is 12.2 Å². The number of epoxide rings is 1. The molecule has 0 unspecified atom stereocenters. The normalized spacial score (nSPS) is 56.6. The van der Waals surface area contributed by atoms with Gasteiger partial charge in [0.15, 0.2) is 5.78 Å². The summed E-state index contributed by atoms with van der Waals surface area (Å²) in [7, 11) is 0. The topological polar surface area (TPSA) is 29.6 Å². The molecule has 1 aliphatic heterocycles. The summed E-state index contributed by atoms with van der Waals surface area (Å²) in [5.74, 6) is 2.45. The first-order valence-electron chi connectivity index (χ1n) is 9.07. The Kier molecular flexibility index (Phi) is 2.89. The maximum absolute atomic E-state index is 12.7. The summed E-state index contributed by atoms with van der Waals surface area (Å²) in [5.41, 5.74) is 1.48. The van der Waals surface area contributed by atoms with E-state index in [4.69, 9.17) is 4.74 Å². The summed E-state index contributed by atoms with van der Waals surface area (Å²) in [6.45, 7) is 13.4. The Hall–Kier alpha value is -0.630. The molecule has 0 N–H and O–H groups in total. The average molecular weight is 302 g/mol. The molecule has 0 radical (unpaired) electrons. The van der Waals surface area contributed by atoms with E-state index in [1.807, 2.05) is 6.92 Å². The van der Waals surface area contributed by atoms with Crippen LogP contribution in [0, 0.1) is 28.6 Å². The van der Waals surface area contributed by atoms with Gasteiger partial charge in [0, 0.05) is 6.42 Å². The van der Waals surface area contributed by atoms with Crippen molar-refractivity contribution < 1.29 is 9.53 Å². The summed E-state index contributed by atoms with van der Waals surface area (Å²) in [6.07, 6.45) is 7.07. The third-order valence-corrected chi connectivity index (χ3v) is 8.14. The van der Waals surface area contributed by atoms with Gasteiger partial charge < -0.3 is 4.74 Å². The SMILES string of the molecule is C=C(C)[C@@H]1CC[C@]2(C)[C@@H]1CC[C@]1(C)CC(=O)[C@@]3(C)O[C@H]3C[C@H]12. The van der Waals surface area contributed by atoms with E-state index in [1.54, 1.807) is 0 Å². The molecule has 2 heteroatoms. The number of ketones is 1. The van der Waals surface area contributed by atoms with Gasteiger partial charge in [-0.05, 0) is 74.5 Å². The molecule has 0 aromatic rings. The van der Waals surface area contributed by atoms with Crippen LogP contribution in [-0.2, 0) is 9.53 Å². The van der Waals surface area contributed by atoms with Gasteiger partial charge in [-0.1, -0.05) is 26.0 Å². The third kappa shape index (κ3) is 1.74. The van der Waals surface area contributed by atoms with Gasteiger partial charge in [-0.15, -0.1) is 0 Å². The number of hydrogen-bond donors (Lipinski definition) is 0. The van der Waals surface area contributed by atoms with E-state index in [0.29, 0.717) is 23.0 Å². The molecule has 4 aliphatic rings. The zero-order valence-electron chi connectivity index (χ0n) is 14.6. The lowest BCUT2D eigenvalue weighted by Crippen LogP contribution is -2.48. The van der Waals surface area contributed by atoms with E-state index in [0.717, 1.165) is 18.8 Å². The summed E-state index contributed by atoms with van der Waals surface area (Å²) < 4.78 is 5.85. The monoisotopic (exact) mass is 302 g/mol. The summed E-state index contributed by atoms with van der Waals surface area (Å²) >= 11 is 0. The molecular weight excluding hydrogens is 272 g/mol. The molecule has 0 aromatic heterocycles. The highest BCUT2D eigenvalue weighted by Crippen LogP contribution is 2.68. The fourth-order valence-electron chi connectivity index (χ4n) is 6.62. The lowest BCUT2D eigenvalue weighted by atomic mass is 9.50. The molecule has 4 rings (SSSR count). The number of fused-ring (bicyclic) bond motifs is 4. The second kappa shape index (κ2) is 4.26. The van der Waals surface area contributed by atoms with Crippen LogP contribution in [0.15, 0.2) is 12.2 Å². The lowest BCUT2D eigenvalue weighted by Gasteiger charge is -2.54. The van der Waals surface area contributed by atoms with Crippen molar-refractivity contribution in [1.82, 2.24) is 0 Å². The van der Waals surface area contributed by atoms with Crippen molar-refractivity contribution >= 4 is 5.78 Å². The van der Waals surface area contributed by atoms with Crippen LogP contribution in [0.1, 0.15) is 66.2 Å². The van der Waals surface area contributed by atoms with E-state index in [1.165, 1.54) is 31.3 Å². The number of carbonyl (C=O) groups is 1. The number of hydrogen-bond acceptors (Lipinski definition) is 2. The predicted octanol–water partition coefficient (Wildman–Crippen LogP) is 4.53. The molecular formula is C20H30O2. The van der Waals surface area contributed by atoms with Gasteiger partial charge in [-0.3, -0.25) is 4.79 Å². The van der Waals surface area contributed by atoms with Crippen molar-refractivity contribution in [2.75, 3.05) is 0 Å². The van der Waals surface area contributed by atoms with Crippen LogP contribution in [0.2, 0.25) is 0 Å². The van der Waals surface area contributed by atoms with Crippen LogP contribution in [-0.4, -0.2) is 17.5 Å². The Labute approximate surface area is 134 Å². The molecule has 0 spiro atoms. The Morgan fingerprint density at radius 3 is 2.64 bits per heavy atom. The molecule has 0 amide bonds. The van der Waals surface area contributed by atoms with Gasteiger partial charge in [0.1, 0.15) is 5.60 Å². The van der Waals surface area contributed by atoms with Crippen LogP contribution < -0.4 is 0 Å². The van der Waals surface area contributed by atoms with E-state index in [-0.39, 0.29) is 11.5 Å². The molecule has 1 heterocycles. The standard InChI is InChI=1S/C20H30O2/c1-12(2)13-6-9-19(4)14(13)7-8-18(3)11-16(21)20(5)17(22-20)10-15(18)19/h13-15,17H,1,6-11H2,2-5H3/t13-,14+,15+,17-,18+,19+,20+/m0/s1. The maximum Gasteiger partial charge on any atom is 0.167 e. The van der Waals surface area contributed by atoms with E-state index >= 15 is 0 Å². The van der Waals surface area contributed by atoms with Crippen molar-refractivity contribution in [1.29, 1.82) is 0 Å². The Bertz CT molecular complexity index is 552. The predicted molar refractivity (Wildman–Crippen MR) is 87.5 cm³/mol. The van der Waals surface area contributed by atoms with E-state index < -0.39 is 5.60 Å². The molecule has 3 saturated carbocycles. The molecule has 122 valence electrons. The molecule has 0 bridgehead atoms. The average Bonchev–Trinajstić information content (AvgIpc) is 2.97. The molecule has 3 aliphatic carbocycles. The second-order valence-corrected chi connectivity index (χ2v) is 9.40. The summed E-state index contributed by atoms with van der Waals surface area (Å²) in [5, 5.41) is 0. The molecule has 7 atom stereocenters. The molecule has 0 aromatic carbocycles. The maximum atomic E-state index is 12.7. The quantitative estimate of drug-likeness (QED) is 0.526. The number of carbonyl (C=O) groups excluding carboxylic acids is 1. The molecule has 22 heavy (non-hydrogen) atoms. The van der Waals surface area contributed by atoms with Crippen LogP contribution >= 0.6 is 0 Å². The molecule has 4 fully saturated rings. The largest absolute Gasteiger partial charge is 0.358 e. The zero-order valence-corrected chi connectivity index (χ0v) is 14.6.